The Balaban J connectivity index is 2.82. The van der Waals surface area contributed by atoms with Gasteiger partial charge >= 0.3 is 6.09 Å². The van der Waals surface area contributed by atoms with Crippen molar-refractivity contribution in [3.63, 3.8) is 0 Å². The van der Waals surface area contributed by atoms with Crippen molar-refractivity contribution in [2.24, 2.45) is 0 Å². The van der Waals surface area contributed by atoms with Crippen LogP contribution in [0.1, 0.15) is 52.4 Å². The molecule has 0 aromatic heterocycles. The summed E-state index contributed by atoms with van der Waals surface area (Å²) in [5.74, 6) is 0. The van der Waals surface area contributed by atoms with Gasteiger partial charge in [0.1, 0.15) is 0 Å². The number of carbonyl (C=O) groups excluding carboxylic acids is 1. The van der Waals surface area contributed by atoms with Gasteiger partial charge in [-0.3, -0.25) is 0 Å². The first kappa shape index (κ1) is 18.3. The molecule has 1 unspecified atom stereocenters. The summed E-state index contributed by atoms with van der Waals surface area (Å²) in [5.41, 5.74) is 0. The molecule has 1 aliphatic rings. The summed E-state index contributed by atoms with van der Waals surface area (Å²) in [4.78, 5) is 14.3. The first-order valence-electron chi connectivity index (χ1n) is 8.55. The van der Waals surface area contributed by atoms with Crippen LogP contribution in [0.25, 0.3) is 0 Å². The van der Waals surface area contributed by atoms with E-state index in [2.05, 4.69) is 32.6 Å². The Morgan fingerprint density at radius 2 is 2.00 bits per heavy atom. The highest BCUT2D eigenvalue weighted by Gasteiger charge is 2.35. The monoisotopic (exact) mass is 311 g/mol. The number of rotatable bonds is 7. The fourth-order valence-electron chi connectivity index (χ4n) is 3.13. The van der Waals surface area contributed by atoms with Crippen molar-refractivity contribution in [3.8, 4) is 0 Å². The van der Waals surface area contributed by atoms with E-state index in [1.807, 2.05) is 11.8 Å². The van der Waals surface area contributed by atoms with E-state index in [-0.39, 0.29) is 12.1 Å². The zero-order valence-corrected chi connectivity index (χ0v) is 15.6. The van der Waals surface area contributed by atoms with E-state index >= 15 is 0 Å². The van der Waals surface area contributed by atoms with Crippen LogP contribution in [0.5, 0.6) is 0 Å². The zero-order valence-electron chi connectivity index (χ0n) is 14.6. The minimum Gasteiger partial charge on any atom is -0.450 e. The predicted molar refractivity (Wildman–Crippen MR) is 92.3 cm³/mol. The molecule has 0 aliphatic carbocycles. The maximum Gasteiger partial charge on any atom is 0.410 e. The average Bonchev–Trinajstić information content (AvgIpc) is 2.42. The first-order chi connectivity index (χ1) is 9.91. The van der Waals surface area contributed by atoms with Crippen LogP contribution >= 0.6 is 0 Å². The second-order valence-electron chi connectivity index (χ2n) is 6.96. The van der Waals surface area contributed by atoms with Crippen LogP contribution in [0.15, 0.2) is 11.3 Å². The van der Waals surface area contributed by atoms with Gasteiger partial charge in [0.2, 0.25) is 0 Å². The number of hydrogen-bond acceptors (Lipinski definition) is 2. The molecule has 0 aromatic carbocycles. The Morgan fingerprint density at radius 1 is 1.29 bits per heavy atom. The smallest absolute Gasteiger partial charge is 0.410 e. The fourth-order valence-corrected chi connectivity index (χ4v) is 5.18. The second-order valence-corrected chi connectivity index (χ2v) is 12.0. The maximum atomic E-state index is 12.3. The standard InChI is InChI=1S/C17H33NO2Si/c1-6-8-9-10-12-15-16(21(3,4)5)13-11-14-18(15)17(19)20-7-2/h13,15H,6-12,14H2,1-5H3. The van der Waals surface area contributed by atoms with E-state index in [0.29, 0.717) is 6.61 Å². The van der Waals surface area contributed by atoms with E-state index in [9.17, 15) is 4.79 Å². The quantitative estimate of drug-likeness (QED) is 0.489. The number of carbonyl (C=O) groups is 1. The second kappa shape index (κ2) is 8.62. The van der Waals surface area contributed by atoms with Crippen LogP contribution in [0.4, 0.5) is 4.79 Å². The van der Waals surface area contributed by atoms with Crippen molar-refractivity contribution in [3.05, 3.63) is 11.3 Å². The van der Waals surface area contributed by atoms with Gasteiger partial charge in [0, 0.05) is 6.54 Å². The Bertz CT molecular complexity index is 360. The van der Waals surface area contributed by atoms with Crippen LogP contribution in [-0.2, 0) is 4.74 Å². The molecule has 0 N–H and O–H groups in total. The summed E-state index contributed by atoms with van der Waals surface area (Å²) in [6.07, 6.45) is 9.37. The molecule has 0 radical (unpaired) electrons. The Labute approximate surface area is 131 Å². The van der Waals surface area contributed by atoms with Crippen molar-refractivity contribution in [1.29, 1.82) is 0 Å². The minimum atomic E-state index is -1.39. The number of unbranched alkanes of at least 4 members (excludes halogenated alkanes) is 3. The lowest BCUT2D eigenvalue weighted by Gasteiger charge is -2.40. The van der Waals surface area contributed by atoms with Gasteiger partial charge in [-0.05, 0) is 19.8 Å². The molecule has 21 heavy (non-hydrogen) atoms. The van der Waals surface area contributed by atoms with Gasteiger partial charge in [-0.25, -0.2) is 4.79 Å². The van der Waals surface area contributed by atoms with Crippen molar-refractivity contribution in [2.45, 2.75) is 78.1 Å². The van der Waals surface area contributed by atoms with Crippen molar-refractivity contribution < 1.29 is 9.53 Å². The molecular formula is C17H33NO2Si. The van der Waals surface area contributed by atoms with Gasteiger partial charge in [0.15, 0.2) is 0 Å². The molecule has 0 spiro atoms. The van der Waals surface area contributed by atoms with Crippen molar-refractivity contribution in [1.82, 2.24) is 4.90 Å². The first-order valence-corrected chi connectivity index (χ1v) is 12.1. The van der Waals surface area contributed by atoms with Crippen LogP contribution in [-0.4, -0.2) is 38.3 Å². The molecule has 0 saturated carbocycles. The number of ether oxygens (including phenoxy) is 1. The lowest BCUT2D eigenvalue weighted by atomic mass is 10.0. The molecule has 0 saturated heterocycles. The summed E-state index contributed by atoms with van der Waals surface area (Å²) in [6, 6.07) is 0.279. The molecule has 4 heteroatoms. The lowest BCUT2D eigenvalue weighted by molar-refractivity contribution is 0.0931. The molecular weight excluding hydrogens is 278 g/mol. The highest BCUT2D eigenvalue weighted by Crippen LogP contribution is 2.30. The van der Waals surface area contributed by atoms with Crippen LogP contribution in [0.2, 0.25) is 19.6 Å². The van der Waals surface area contributed by atoms with E-state index in [0.717, 1.165) is 19.4 Å². The molecule has 122 valence electrons. The third-order valence-electron chi connectivity index (χ3n) is 4.17. The van der Waals surface area contributed by atoms with Crippen LogP contribution in [0.3, 0.4) is 0 Å². The van der Waals surface area contributed by atoms with Gasteiger partial charge in [-0.1, -0.05) is 63.5 Å². The fraction of sp³-hybridized carbons (Fsp3) is 0.824. The van der Waals surface area contributed by atoms with Gasteiger partial charge < -0.3 is 9.64 Å². The normalized spacial score (nSPS) is 19.4. The molecule has 3 nitrogen and oxygen atoms in total. The zero-order chi connectivity index (χ0) is 15.9. The third-order valence-corrected chi connectivity index (χ3v) is 6.44. The molecule has 0 fully saturated rings. The average molecular weight is 312 g/mol. The summed E-state index contributed by atoms with van der Waals surface area (Å²) >= 11 is 0. The third kappa shape index (κ3) is 5.49. The molecule has 0 bridgehead atoms. The highest BCUT2D eigenvalue weighted by atomic mass is 28.3. The summed E-state index contributed by atoms with van der Waals surface area (Å²) < 4.78 is 5.28. The minimum absolute atomic E-state index is 0.123. The van der Waals surface area contributed by atoms with Crippen LogP contribution in [0, 0.1) is 0 Å². The Morgan fingerprint density at radius 3 is 2.57 bits per heavy atom. The molecule has 1 amide bonds. The lowest BCUT2D eigenvalue weighted by Crippen LogP contribution is -2.49. The predicted octanol–water partition coefficient (Wildman–Crippen LogP) is 4.99. The molecule has 1 heterocycles. The van der Waals surface area contributed by atoms with Gasteiger partial charge in [0.25, 0.3) is 0 Å². The van der Waals surface area contributed by atoms with Gasteiger partial charge in [0.05, 0.1) is 20.7 Å². The highest BCUT2D eigenvalue weighted by molar-refractivity contribution is 6.83. The van der Waals surface area contributed by atoms with Crippen molar-refractivity contribution >= 4 is 14.2 Å². The van der Waals surface area contributed by atoms with E-state index in [4.69, 9.17) is 4.74 Å². The maximum absolute atomic E-state index is 12.3. The topological polar surface area (TPSA) is 29.5 Å². The Kier molecular flexibility index (Phi) is 7.50. The van der Waals surface area contributed by atoms with Gasteiger partial charge in [-0.2, -0.15) is 0 Å². The summed E-state index contributed by atoms with van der Waals surface area (Å²) in [5, 5.41) is 1.54. The van der Waals surface area contributed by atoms with E-state index in [1.54, 1.807) is 5.20 Å². The van der Waals surface area contributed by atoms with Crippen molar-refractivity contribution in [2.75, 3.05) is 13.2 Å². The largest absolute Gasteiger partial charge is 0.450 e. The van der Waals surface area contributed by atoms with E-state index in [1.165, 1.54) is 25.7 Å². The van der Waals surface area contributed by atoms with Crippen LogP contribution < -0.4 is 0 Å². The number of hydrogen-bond donors (Lipinski definition) is 0. The SMILES string of the molecule is CCCCCCC1C([Si](C)(C)C)=CCCN1C(=O)OCC. The number of nitrogens with zero attached hydrogens (tertiary/aromatic N) is 1. The molecule has 1 atom stereocenters. The number of amides is 1. The summed E-state index contributed by atoms with van der Waals surface area (Å²) in [7, 11) is -1.39. The molecule has 1 aliphatic heterocycles. The molecule has 1 rings (SSSR count). The van der Waals surface area contributed by atoms with E-state index < -0.39 is 8.07 Å². The summed E-state index contributed by atoms with van der Waals surface area (Å²) in [6.45, 7) is 12.5. The van der Waals surface area contributed by atoms with Gasteiger partial charge in [-0.15, -0.1) is 0 Å². The Hall–Kier alpha value is -0.773. The molecule has 0 aromatic rings.